The largest absolute Gasteiger partial charge is 0.374 e. The van der Waals surface area contributed by atoms with Crippen LogP contribution in [0.5, 0.6) is 0 Å². The quantitative estimate of drug-likeness (QED) is 0.0660. The molecule has 0 saturated carbocycles. The van der Waals surface area contributed by atoms with Crippen molar-refractivity contribution in [1.29, 1.82) is 0 Å². The van der Waals surface area contributed by atoms with E-state index in [1.165, 1.54) is 0 Å². The molecule has 0 radical (unpaired) electrons. The Morgan fingerprint density at radius 3 is 1.03 bits per heavy atom. The molecule has 10 atom stereocenters. The minimum Gasteiger partial charge on any atom is -0.374 e. The van der Waals surface area contributed by atoms with Crippen LogP contribution in [0.2, 0.25) is 0 Å². The second kappa shape index (κ2) is 28.7. The van der Waals surface area contributed by atoms with Crippen molar-refractivity contribution in [1.82, 2.24) is 0 Å². The lowest BCUT2D eigenvalue weighted by atomic mass is 9.90. The lowest BCUT2D eigenvalue weighted by Gasteiger charge is -2.45. The van der Waals surface area contributed by atoms with Crippen molar-refractivity contribution in [3.63, 3.8) is 0 Å². The summed E-state index contributed by atoms with van der Waals surface area (Å²) in [6, 6.07) is 70.8. The summed E-state index contributed by atoms with van der Waals surface area (Å²) in [7, 11) is 0. The third kappa shape index (κ3) is 16.3. The molecule has 7 aromatic carbocycles. The van der Waals surface area contributed by atoms with Gasteiger partial charge < -0.3 is 37.9 Å². The van der Waals surface area contributed by atoms with E-state index in [1.807, 2.05) is 159 Å². The van der Waals surface area contributed by atoms with Crippen LogP contribution in [-0.2, 0) is 77.5 Å². The number of halogens is 1. The van der Waals surface area contributed by atoms with Gasteiger partial charge in [0.1, 0.15) is 23.7 Å². The van der Waals surface area contributed by atoms with E-state index in [1.54, 1.807) is 11.8 Å². The Hall–Kier alpha value is -5.50. The van der Waals surface area contributed by atoms with Crippen LogP contribution in [0.1, 0.15) is 47.2 Å². The third-order valence-electron chi connectivity index (χ3n) is 12.9. The molecule has 7 aromatic rings. The van der Waals surface area contributed by atoms with E-state index >= 15 is 4.39 Å². The highest BCUT2D eigenvalue weighted by molar-refractivity contribution is 7.99. The molecule has 10 heteroatoms. The summed E-state index contributed by atoms with van der Waals surface area (Å²) in [6.07, 6.45) is -3.75. The molecular weight excluding hydrogens is 924 g/mol. The minimum absolute atomic E-state index is 0.0812. The van der Waals surface area contributed by atoms with Crippen LogP contribution < -0.4 is 0 Å². The van der Waals surface area contributed by atoms with Crippen LogP contribution in [0.3, 0.4) is 0 Å². The van der Waals surface area contributed by atoms with Crippen molar-refractivity contribution in [3.8, 4) is 0 Å². The standard InChI is InChI=1S/C34H36O4S.C28H31FO4/c1-26-32(36-23-28-16-8-3-9-17-28)31(25-35-22-27-14-6-2-7-15-27)38-34(39-30-20-12-5-13-21-30)33(26)37-24-29-18-10-4-11-19-29;1-21-26(31-18-23-13-7-3-8-14-23)25(20-30-17-22-11-5-2-6-12-22)33-28(29)27(21)32-19-24-15-9-4-10-16-24/h2-21,26,31-34H,22-25H2,1H3;2-16,21,25-28H,17-20H2,1H3/t26-,31?,32+,33?,34-;21-,25?,26+,27?,28-/m00/s1. The van der Waals surface area contributed by atoms with Gasteiger partial charge in [-0.1, -0.05) is 226 Å². The van der Waals surface area contributed by atoms with Crippen LogP contribution in [0.4, 0.5) is 4.39 Å². The Kier molecular flexibility index (Phi) is 21.0. The van der Waals surface area contributed by atoms with E-state index < -0.39 is 18.6 Å². The fraction of sp³-hybridized carbons (Fsp3) is 0.323. The van der Waals surface area contributed by atoms with Gasteiger partial charge in [-0.15, -0.1) is 0 Å². The second-order valence-corrected chi connectivity index (χ2v) is 19.4. The molecule has 0 N–H and O–H groups in total. The molecular formula is C62H67FO8S. The van der Waals surface area contributed by atoms with E-state index in [4.69, 9.17) is 37.9 Å². The molecule has 9 rings (SSSR count). The van der Waals surface area contributed by atoms with E-state index in [9.17, 15) is 0 Å². The maximum absolute atomic E-state index is 15.1. The van der Waals surface area contributed by atoms with Crippen molar-refractivity contribution in [3.05, 3.63) is 246 Å². The van der Waals surface area contributed by atoms with Crippen LogP contribution in [0.15, 0.2) is 217 Å². The van der Waals surface area contributed by atoms with Crippen molar-refractivity contribution in [2.75, 3.05) is 13.2 Å². The van der Waals surface area contributed by atoms with Gasteiger partial charge in [0.05, 0.1) is 71.2 Å². The van der Waals surface area contributed by atoms with Gasteiger partial charge in [-0.05, 0) is 45.5 Å². The average molecular weight is 991 g/mol. The van der Waals surface area contributed by atoms with Gasteiger partial charge in [0.15, 0.2) is 0 Å². The zero-order chi connectivity index (χ0) is 49.6. The summed E-state index contributed by atoms with van der Waals surface area (Å²) in [5, 5.41) is 0. The van der Waals surface area contributed by atoms with Crippen molar-refractivity contribution in [2.45, 2.75) is 107 Å². The molecule has 0 bridgehead atoms. The Bertz CT molecular complexity index is 2510. The predicted octanol–water partition coefficient (Wildman–Crippen LogP) is 13.2. The predicted molar refractivity (Wildman–Crippen MR) is 281 cm³/mol. The van der Waals surface area contributed by atoms with Gasteiger partial charge in [-0.25, -0.2) is 4.39 Å². The molecule has 2 saturated heterocycles. The van der Waals surface area contributed by atoms with Crippen molar-refractivity contribution < 1.29 is 42.3 Å². The summed E-state index contributed by atoms with van der Waals surface area (Å²) in [6.45, 7) is 7.59. The highest BCUT2D eigenvalue weighted by Gasteiger charge is 2.47. The number of thioether (sulfide) groups is 1. The number of alkyl halides is 1. The zero-order valence-electron chi connectivity index (χ0n) is 41.2. The average Bonchev–Trinajstić information content (AvgIpc) is 3.42. The first-order chi connectivity index (χ1) is 35.5. The molecule has 0 spiro atoms. The first-order valence-corrected chi connectivity index (χ1v) is 25.9. The Morgan fingerprint density at radius 2 is 0.653 bits per heavy atom. The number of hydrogen-bond acceptors (Lipinski definition) is 9. The molecule has 4 unspecified atom stereocenters. The number of ether oxygens (including phenoxy) is 8. The molecule has 2 fully saturated rings. The van der Waals surface area contributed by atoms with Crippen LogP contribution in [0, 0.1) is 11.8 Å². The summed E-state index contributed by atoms with van der Waals surface area (Å²) >= 11 is 1.70. The summed E-state index contributed by atoms with van der Waals surface area (Å²) < 4.78 is 65.2. The monoisotopic (exact) mass is 990 g/mol. The number of hydrogen-bond donors (Lipinski definition) is 0. The topological polar surface area (TPSA) is 73.8 Å². The van der Waals surface area contributed by atoms with E-state index in [0.717, 1.165) is 38.3 Å². The first-order valence-electron chi connectivity index (χ1n) is 25.0. The highest BCUT2D eigenvalue weighted by atomic mass is 32.2. The highest BCUT2D eigenvalue weighted by Crippen LogP contribution is 2.40. The van der Waals surface area contributed by atoms with Gasteiger partial charge in [0, 0.05) is 16.7 Å². The lowest BCUT2D eigenvalue weighted by molar-refractivity contribution is -0.271. The van der Waals surface area contributed by atoms with E-state index in [-0.39, 0.29) is 48.3 Å². The normalized spacial score (nSPS) is 23.9. The van der Waals surface area contributed by atoms with Crippen LogP contribution in [0.25, 0.3) is 0 Å². The third-order valence-corrected chi connectivity index (χ3v) is 14.0. The Labute approximate surface area is 429 Å². The van der Waals surface area contributed by atoms with E-state index in [2.05, 4.69) is 67.6 Å². The fourth-order valence-electron chi connectivity index (χ4n) is 8.96. The molecule has 0 amide bonds. The van der Waals surface area contributed by atoms with Crippen molar-refractivity contribution in [2.24, 2.45) is 11.8 Å². The summed E-state index contributed by atoms with van der Waals surface area (Å²) in [5.41, 5.74) is 6.32. The van der Waals surface area contributed by atoms with Crippen LogP contribution >= 0.6 is 11.8 Å². The lowest BCUT2D eigenvalue weighted by Crippen LogP contribution is -2.55. The molecule has 0 aromatic heterocycles. The SMILES string of the molecule is C[C@@H]1C(OCc2ccccc2)[C@@H](F)OC(COCc2ccccc2)[C@@H]1OCc1ccccc1.C[C@@H]1C(OCc2ccccc2)[C@H](Sc2ccccc2)OC(COCc2ccccc2)[C@@H]1OCc1ccccc1. The molecule has 72 heavy (non-hydrogen) atoms. The molecule has 376 valence electrons. The Balaban J connectivity index is 0.000000195. The zero-order valence-corrected chi connectivity index (χ0v) is 42.0. The first kappa shape index (κ1) is 52.8. The Morgan fingerprint density at radius 1 is 0.361 bits per heavy atom. The fourth-order valence-corrected chi connectivity index (χ4v) is 10.2. The smallest absolute Gasteiger partial charge is 0.226 e. The van der Waals surface area contributed by atoms with Gasteiger partial charge in [-0.2, -0.15) is 0 Å². The maximum atomic E-state index is 15.1. The summed E-state index contributed by atoms with van der Waals surface area (Å²) in [5.74, 6) is -0.135. The van der Waals surface area contributed by atoms with Gasteiger partial charge >= 0.3 is 0 Å². The molecule has 8 nitrogen and oxygen atoms in total. The number of benzene rings is 7. The molecule has 2 heterocycles. The van der Waals surface area contributed by atoms with E-state index in [0.29, 0.717) is 46.2 Å². The van der Waals surface area contributed by atoms with Crippen molar-refractivity contribution >= 4 is 11.8 Å². The van der Waals surface area contributed by atoms with Gasteiger partial charge in [0.25, 0.3) is 0 Å². The molecule has 2 aliphatic heterocycles. The molecule has 2 aliphatic rings. The van der Waals surface area contributed by atoms with Gasteiger partial charge in [0.2, 0.25) is 6.36 Å². The maximum Gasteiger partial charge on any atom is 0.226 e. The molecule has 0 aliphatic carbocycles. The summed E-state index contributed by atoms with van der Waals surface area (Å²) in [4.78, 5) is 1.15. The minimum atomic E-state index is -1.55. The van der Waals surface area contributed by atoms with Crippen LogP contribution in [-0.4, -0.2) is 61.6 Å². The second-order valence-electron chi connectivity index (χ2n) is 18.3. The number of rotatable bonds is 22. The van der Waals surface area contributed by atoms with Gasteiger partial charge in [-0.3, -0.25) is 0 Å².